The first-order valence-electron chi connectivity index (χ1n) is 9.78. The van der Waals surface area contributed by atoms with Crippen LogP contribution in [0.5, 0.6) is 0 Å². The Kier molecular flexibility index (Phi) is 4.96. The van der Waals surface area contributed by atoms with Crippen molar-refractivity contribution in [1.29, 1.82) is 0 Å². The smallest absolute Gasteiger partial charge is 0.307 e. The molecule has 2 N–H and O–H groups in total. The Morgan fingerprint density at radius 2 is 1.65 bits per heavy atom. The molecule has 1 aliphatic rings. The van der Waals surface area contributed by atoms with Crippen molar-refractivity contribution in [2.75, 3.05) is 5.32 Å². The number of ketones is 1. The number of carbonyl (C=O) groups is 2. The van der Waals surface area contributed by atoms with Gasteiger partial charge in [0.2, 0.25) is 0 Å². The second kappa shape index (κ2) is 7.80. The number of Topliss-reactive ketones (excluding diaryl/α,β-unsaturated/α-hetero) is 1. The molecule has 1 heterocycles. The van der Waals surface area contributed by atoms with E-state index in [1.165, 1.54) is 0 Å². The van der Waals surface area contributed by atoms with Gasteiger partial charge in [-0.1, -0.05) is 59.3 Å². The lowest BCUT2D eigenvalue weighted by Gasteiger charge is -2.06. The molecule has 31 heavy (non-hydrogen) atoms. The van der Waals surface area contributed by atoms with E-state index in [0.717, 1.165) is 32.2 Å². The van der Waals surface area contributed by atoms with Gasteiger partial charge in [0, 0.05) is 22.2 Å². The summed E-state index contributed by atoms with van der Waals surface area (Å²) in [5, 5.41) is 13.8. The summed E-state index contributed by atoms with van der Waals surface area (Å²) in [5.41, 5.74) is 4.41. The Bertz CT molecular complexity index is 1300. The third-order valence-corrected chi connectivity index (χ3v) is 6.60. The van der Waals surface area contributed by atoms with Crippen molar-refractivity contribution in [1.82, 2.24) is 4.98 Å². The second-order valence-electron chi connectivity index (χ2n) is 7.56. The zero-order valence-corrected chi connectivity index (χ0v) is 17.8. The molecule has 0 aliphatic heterocycles. The SMILES string of the molecule is O=C(O)[C@@H]1C[C@H]1C(=O)c1ccc(-c2ccc(Nc3nc4ccc(Cl)cc4s3)cc2)cc1. The summed E-state index contributed by atoms with van der Waals surface area (Å²) in [6.07, 6.45) is 0.437. The van der Waals surface area contributed by atoms with Crippen LogP contribution in [0.3, 0.4) is 0 Å². The molecule has 7 heteroatoms. The van der Waals surface area contributed by atoms with E-state index in [-0.39, 0.29) is 11.7 Å². The predicted molar refractivity (Wildman–Crippen MR) is 123 cm³/mol. The van der Waals surface area contributed by atoms with Crippen LogP contribution < -0.4 is 5.32 Å². The summed E-state index contributed by atoms with van der Waals surface area (Å²) in [6, 6.07) is 20.9. The number of hydrogen-bond donors (Lipinski definition) is 2. The maximum Gasteiger partial charge on any atom is 0.307 e. The van der Waals surface area contributed by atoms with Gasteiger partial charge in [0.25, 0.3) is 0 Å². The first kappa shape index (κ1) is 19.7. The highest BCUT2D eigenvalue weighted by Gasteiger charge is 2.48. The normalized spacial score (nSPS) is 17.5. The van der Waals surface area contributed by atoms with Crippen LogP contribution in [0.1, 0.15) is 16.8 Å². The lowest BCUT2D eigenvalue weighted by Crippen LogP contribution is -2.08. The second-order valence-corrected chi connectivity index (χ2v) is 9.03. The summed E-state index contributed by atoms with van der Waals surface area (Å²) in [6.45, 7) is 0. The number of anilines is 2. The number of fused-ring (bicyclic) bond motifs is 1. The van der Waals surface area contributed by atoms with Gasteiger partial charge in [-0.05, 0) is 47.9 Å². The van der Waals surface area contributed by atoms with Crippen LogP contribution in [0.2, 0.25) is 5.02 Å². The van der Waals surface area contributed by atoms with E-state index >= 15 is 0 Å². The summed E-state index contributed by atoms with van der Waals surface area (Å²) < 4.78 is 1.03. The highest BCUT2D eigenvalue weighted by Crippen LogP contribution is 2.41. The molecule has 1 aromatic heterocycles. The van der Waals surface area contributed by atoms with Gasteiger partial charge in [-0.25, -0.2) is 4.98 Å². The number of nitrogens with one attached hydrogen (secondary N) is 1. The summed E-state index contributed by atoms with van der Waals surface area (Å²) in [5.74, 6) is -1.89. The number of aromatic nitrogens is 1. The molecule has 0 spiro atoms. The number of rotatable bonds is 6. The van der Waals surface area contributed by atoms with Crippen molar-refractivity contribution in [2.45, 2.75) is 6.42 Å². The van der Waals surface area contributed by atoms with Gasteiger partial charge in [-0.2, -0.15) is 0 Å². The fourth-order valence-electron chi connectivity index (χ4n) is 3.62. The first-order chi connectivity index (χ1) is 15.0. The molecule has 0 amide bonds. The van der Waals surface area contributed by atoms with Gasteiger partial charge in [0.05, 0.1) is 16.1 Å². The molecule has 3 aromatic carbocycles. The van der Waals surface area contributed by atoms with E-state index in [0.29, 0.717) is 17.0 Å². The zero-order valence-electron chi connectivity index (χ0n) is 16.2. The number of aliphatic carboxylic acids is 1. The summed E-state index contributed by atoms with van der Waals surface area (Å²) >= 11 is 7.59. The maximum absolute atomic E-state index is 12.4. The van der Waals surface area contributed by atoms with Gasteiger partial charge in [0.15, 0.2) is 10.9 Å². The highest BCUT2D eigenvalue weighted by atomic mass is 35.5. The number of hydrogen-bond acceptors (Lipinski definition) is 5. The maximum atomic E-state index is 12.4. The van der Waals surface area contributed by atoms with Gasteiger partial charge in [0.1, 0.15) is 0 Å². The van der Waals surface area contributed by atoms with E-state index < -0.39 is 11.9 Å². The largest absolute Gasteiger partial charge is 0.481 e. The summed E-state index contributed by atoms with van der Waals surface area (Å²) in [4.78, 5) is 27.9. The molecule has 5 rings (SSSR count). The van der Waals surface area contributed by atoms with E-state index in [4.69, 9.17) is 16.7 Å². The van der Waals surface area contributed by atoms with Crippen molar-refractivity contribution >= 4 is 55.7 Å². The minimum absolute atomic E-state index is 0.0874. The summed E-state index contributed by atoms with van der Waals surface area (Å²) in [7, 11) is 0. The van der Waals surface area contributed by atoms with E-state index in [1.54, 1.807) is 23.5 Å². The first-order valence-corrected chi connectivity index (χ1v) is 11.0. The average molecular weight is 449 g/mol. The van der Waals surface area contributed by atoms with Gasteiger partial charge < -0.3 is 10.4 Å². The Hall–Kier alpha value is -3.22. The molecular weight excluding hydrogens is 432 g/mol. The Morgan fingerprint density at radius 3 is 2.29 bits per heavy atom. The van der Waals surface area contributed by atoms with Crippen LogP contribution in [0.15, 0.2) is 66.7 Å². The number of nitrogens with zero attached hydrogens (tertiary/aromatic N) is 1. The number of carboxylic acid groups (broad SMARTS) is 1. The number of benzene rings is 3. The molecule has 0 unspecified atom stereocenters. The predicted octanol–water partition coefficient (Wildman–Crippen LogP) is 6.26. The van der Waals surface area contributed by atoms with Crippen molar-refractivity contribution in [3.05, 3.63) is 77.3 Å². The monoisotopic (exact) mass is 448 g/mol. The van der Waals surface area contributed by atoms with Crippen molar-refractivity contribution < 1.29 is 14.7 Å². The molecule has 154 valence electrons. The van der Waals surface area contributed by atoms with Gasteiger partial charge in [-0.15, -0.1) is 0 Å². The topological polar surface area (TPSA) is 79.3 Å². The van der Waals surface area contributed by atoms with Crippen LogP contribution in [0.4, 0.5) is 10.8 Å². The van der Waals surface area contributed by atoms with Crippen LogP contribution in [-0.4, -0.2) is 21.8 Å². The van der Waals surface area contributed by atoms with Crippen LogP contribution in [0.25, 0.3) is 21.3 Å². The Morgan fingerprint density at radius 1 is 0.968 bits per heavy atom. The molecule has 5 nitrogen and oxygen atoms in total. The number of carboxylic acids is 1. The van der Waals surface area contributed by atoms with Crippen molar-refractivity contribution in [3.63, 3.8) is 0 Å². The standard InChI is InChI=1S/C24H17ClN2O3S/c25-16-7-10-20-21(11-16)31-24(27-20)26-17-8-5-14(6-9-17)13-1-3-15(4-2-13)22(28)18-12-19(18)23(29)30/h1-11,18-19H,12H2,(H,26,27)(H,29,30)/t18-,19-/m1/s1. The van der Waals surface area contributed by atoms with Crippen molar-refractivity contribution in [2.24, 2.45) is 11.8 Å². The number of carbonyl (C=O) groups excluding carboxylic acids is 1. The Balaban J connectivity index is 1.28. The van der Waals surface area contributed by atoms with Crippen LogP contribution >= 0.6 is 22.9 Å². The minimum Gasteiger partial charge on any atom is -0.481 e. The molecule has 4 aromatic rings. The number of thiazole rings is 1. The van der Waals surface area contributed by atoms with Gasteiger partial charge in [-0.3, -0.25) is 9.59 Å². The molecule has 1 saturated carbocycles. The highest BCUT2D eigenvalue weighted by molar-refractivity contribution is 7.22. The molecule has 1 aliphatic carbocycles. The van der Waals surface area contributed by atoms with Gasteiger partial charge >= 0.3 is 5.97 Å². The molecule has 2 atom stereocenters. The molecule has 0 bridgehead atoms. The fraction of sp³-hybridized carbons (Fsp3) is 0.125. The Labute approximate surface area is 187 Å². The third-order valence-electron chi connectivity index (χ3n) is 5.43. The molecular formula is C24H17ClN2O3S. The quantitative estimate of drug-likeness (QED) is 0.340. The van der Waals surface area contributed by atoms with Crippen LogP contribution in [-0.2, 0) is 4.79 Å². The molecule has 0 saturated heterocycles. The van der Waals surface area contributed by atoms with E-state index in [9.17, 15) is 9.59 Å². The zero-order chi connectivity index (χ0) is 21.5. The molecule has 1 fully saturated rings. The average Bonchev–Trinajstić information content (AvgIpc) is 3.48. The minimum atomic E-state index is -0.890. The van der Waals surface area contributed by atoms with Crippen molar-refractivity contribution in [3.8, 4) is 11.1 Å². The van der Waals surface area contributed by atoms with E-state index in [2.05, 4.69) is 10.3 Å². The van der Waals surface area contributed by atoms with E-state index in [1.807, 2.05) is 54.6 Å². The fourth-order valence-corrected chi connectivity index (χ4v) is 4.78. The lowest BCUT2D eigenvalue weighted by atomic mass is 10.0. The third kappa shape index (κ3) is 4.04. The van der Waals surface area contributed by atoms with Crippen LogP contribution in [0, 0.1) is 11.8 Å². The lowest BCUT2D eigenvalue weighted by molar-refractivity contribution is -0.138. The molecule has 0 radical (unpaired) electrons. The number of halogens is 1.